The van der Waals surface area contributed by atoms with Crippen LogP contribution in [-0.4, -0.2) is 21.7 Å². The van der Waals surface area contributed by atoms with Crippen LogP contribution < -0.4 is 5.32 Å². The molecule has 0 atom stereocenters. The molecule has 3 rings (SSSR count). The molecule has 1 amide bonds. The highest BCUT2D eigenvalue weighted by atomic mass is 32.2. The van der Waals surface area contributed by atoms with Crippen molar-refractivity contribution in [2.45, 2.75) is 19.2 Å². The summed E-state index contributed by atoms with van der Waals surface area (Å²) in [6, 6.07) is 11.6. The third-order valence-electron chi connectivity index (χ3n) is 3.67. The van der Waals surface area contributed by atoms with Gasteiger partial charge in [0.15, 0.2) is 5.76 Å². The van der Waals surface area contributed by atoms with Crippen molar-refractivity contribution >= 4 is 17.7 Å². The van der Waals surface area contributed by atoms with Gasteiger partial charge >= 0.3 is 0 Å². The zero-order chi connectivity index (χ0) is 16.9. The van der Waals surface area contributed by atoms with Crippen molar-refractivity contribution in [3.63, 3.8) is 0 Å². The molecule has 0 saturated carbocycles. The lowest BCUT2D eigenvalue weighted by molar-refractivity contribution is 0.0922. The van der Waals surface area contributed by atoms with Crippen LogP contribution in [0.15, 0.2) is 53.2 Å². The van der Waals surface area contributed by atoms with Crippen molar-refractivity contribution in [1.29, 1.82) is 0 Å². The number of carbonyl (C=O) groups is 1. The molecule has 0 unspecified atom stereocenters. The van der Waals surface area contributed by atoms with E-state index in [0.29, 0.717) is 12.3 Å². The summed E-state index contributed by atoms with van der Waals surface area (Å²) in [6.07, 6.45) is 5.70. The number of rotatable bonds is 6. The third kappa shape index (κ3) is 3.71. The van der Waals surface area contributed by atoms with Gasteiger partial charge in [-0.15, -0.1) is 0 Å². The molecule has 24 heavy (non-hydrogen) atoms. The normalized spacial score (nSPS) is 10.8. The Balaban J connectivity index is 1.60. The Kier molecular flexibility index (Phi) is 5.05. The first-order valence-electron chi connectivity index (χ1n) is 7.62. The molecule has 0 spiro atoms. The first kappa shape index (κ1) is 16.4. The van der Waals surface area contributed by atoms with Crippen molar-refractivity contribution in [1.82, 2.24) is 14.9 Å². The SMILES string of the molecule is CSCc1ccc(C(=O)NCc2ccc(-n3ccnc3C)cc2)o1. The Morgan fingerprint density at radius 1 is 1.25 bits per heavy atom. The van der Waals surface area contributed by atoms with E-state index in [-0.39, 0.29) is 5.91 Å². The average Bonchev–Trinajstić information content (AvgIpc) is 3.23. The summed E-state index contributed by atoms with van der Waals surface area (Å²) >= 11 is 1.66. The molecule has 2 aromatic heterocycles. The lowest BCUT2D eigenvalue weighted by atomic mass is 10.2. The molecule has 6 heteroatoms. The smallest absolute Gasteiger partial charge is 0.287 e. The molecule has 0 saturated heterocycles. The average molecular weight is 341 g/mol. The highest BCUT2D eigenvalue weighted by Gasteiger charge is 2.10. The van der Waals surface area contributed by atoms with Crippen molar-refractivity contribution in [3.05, 3.63) is 71.7 Å². The van der Waals surface area contributed by atoms with Gasteiger partial charge in [-0.2, -0.15) is 11.8 Å². The Bertz CT molecular complexity index is 821. The fourth-order valence-corrected chi connectivity index (χ4v) is 2.85. The van der Waals surface area contributed by atoms with E-state index in [1.165, 1.54) is 0 Å². The van der Waals surface area contributed by atoms with Gasteiger partial charge in [0.25, 0.3) is 5.91 Å². The Hall–Kier alpha value is -2.47. The number of carbonyl (C=O) groups excluding carboxylic acids is 1. The van der Waals surface area contributed by atoms with Gasteiger partial charge in [0.2, 0.25) is 0 Å². The molecular formula is C18H19N3O2S. The van der Waals surface area contributed by atoms with Crippen LogP contribution in [0.4, 0.5) is 0 Å². The second kappa shape index (κ2) is 7.40. The topological polar surface area (TPSA) is 60.1 Å². The molecule has 0 fully saturated rings. The maximum Gasteiger partial charge on any atom is 0.287 e. The molecule has 124 valence electrons. The minimum absolute atomic E-state index is 0.197. The van der Waals surface area contributed by atoms with Crippen LogP contribution in [0.25, 0.3) is 5.69 Å². The predicted octanol–water partition coefficient (Wildman–Crippen LogP) is 3.57. The Morgan fingerprint density at radius 2 is 2.04 bits per heavy atom. The number of aromatic nitrogens is 2. The van der Waals surface area contributed by atoms with E-state index in [9.17, 15) is 4.79 Å². The fourth-order valence-electron chi connectivity index (χ4n) is 2.41. The summed E-state index contributed by atoms with van der Waals surface area (Å²) in [5, 5.41) is 2.88. The number of hydrogen-bond donors (Lipinski definition) is 1. The molecule has 1 N–H and O–H groups in total. The molecular weight excluding hydrogens is 322 g/mol. The first-order chi connectivity index (χ1) is 11.7. The van der Waals surface area contributed by atoms with E-state index in [1.54, 1.807) is 24.0 Å². The van der Waals surface area contributed by atoms with Gasteiger partial charge in [0, 0.05) is 24.6 Å². The summed E-state index contributed by atoms with van der Waals surface area (Å²) < 4.78 is 7.52. The van der Waals surface area contributed by atoms with E-state index in [0.717, 1.165) is 28.6 Å². The van der Waals surface area contributed by atoms with Gasteiger partial charge < -0.3 is 14.3 Å². The number of amides is 1. The van der Waals surface area contributed by atoms with Crippen molar-refractivity contribution in [3.8, 4) is 5.69 Å². The molecule has 0 aliphatic carbocycles. The Labute approximate surface area is 145 Å². The standard InChI is InChI=1S/C18H19N3O2S/c1-13-19-9-10-21(13)15-5-3-14(4-6-15)11-20-18(22)17-8-7-16(23-17)12-24-2/h3-10H,11-12H2,1-2H3,(H,20,22). The summed E-state index contributed by atoms with van der Waals surface area (Å²) in [4.78, 5) is 16.3. The van der Waals surface area contributed by atoms with Crippen LogP contribution >= 0.6 is 11.8 Å². The third-order valence-corrected chi connectivity index (χ3v) is 4.24. The lowest BCUT2D eigenvalue weighted by Crippen LogP contribution is -2.22. The highest BCUT2D eigenvalue weighted by Crippen LogP contribution is 2.14. The van der Waals surface area contributed by atoms with E-state index >= 15 is 0 Å². The van der Waals surface area contributed by atoms with Crippen molar-refractivity contribution in [2.24, 2.45) is 0 Å². The highest BCUT2D eigenvalue weighted by molar-refractivity contribution is 7.97. The van der Waals surface area contributed by atoms with Crippen LogP contribution in [0.3, 0.4) is 0 Å². The van der Waals surface area contributed by atoms with E-state index in [1.807, 2.05) is 54.3 Å². The second-order valence-corrected chi connectivity index (χ2v) is 6.26. The van der Waals surface area contributed by atoms with E-state index < -0.39 is 0 Å². The number of aryl methyl sites for hydroxylation is 1. The summed E-state index contributed by atoms with van der Waals surface area (Å²) in [6.45, 7) is 2.42. The molecule has 0 aliphatic heterocycles. The van der Waals surface area contributed by atoms with E-state index in [4.69, 9.17) is 4.42 Å². The first-order valence-corrected chi connectivity index (χ1v) is 9.02. The molecule has 2 heterocycles. The number of imidazole rings is 1. The van der Waals surface area contributed by atoms with Gasteiger partial charge in [-0.25, -0.2) is 4.98 Å². The number of nitrogens with zero attached hydrogens (tertiary/aromatic N) is 2. The second-order valence-electron chi connectivity index (χ2n) is 5.39. The minimum atomic E-state index is -0.197. The molecule has 5 nitrogen and oxygen atoms in total. The quantitative estimate of drug-likeness (QED) is 0.745. The fraction of sp³-hybridized carbons (Fsp3) is 0.222. The molecule has 0 aliphatic rings. The van der Waals surface area contributed by atoms with Crippen molar-refractivity contribution in [2.75, 3.05) is 6.26 Å². The van der Waals surface area contributed by atoms with Gasteiger partial charge in [0.05, 0.1) is 5.75 Å². The molecule has 3 aromatic rings. The maximum atomic E-state index is 12.1. The zero-order valence-electron chi connectivity index (χ0n) is 13.7. The Morgan fingerprint density at radius 3 is 2.71 bits per heavy atom. The van der Waals surface area contributed by atoms with Gasteiger partial charge in [0.1, 0.15) is 11.6 Å². The van der Waals surface area contributed by atoms with Gasteiger partial charge in [-0.05, 0) is 43.0 Å². The maximum absolute atomic E-state index is 12.1. The minimum Gasteiger partial charge on any atom is -0.455 e. The van der Waals surface area contributed by atoms with Crippen LogP contribution in [0.2, 0.25) is 0 Å². The van der Waals surface area contributed by atoms with E-state index in [2.05, 4.69) is 10.3 Å². The number of furan rings is 1. The summed E-state index contributed by atoms with van der Waals surface area (Å²) in [5.41, 5.74) is 2.08. The molecule has 0 radical (unpaired) electrons. The van der Waals surface area contributed by atoms with Crippen molar-refractivity contribution < 1.29 is 9.21 Å². The number of thioether (sulfide) groups is 1. The van der Waals surface area contributed by atoms with Crippen LogP contribution in [0, 0.1) is 6.92 Å². The summed E-state index contributed by atoms with van der Waals surface area (Å²) in [7, 11) is 0. The number of benzene rings is 1. The van der Waals surface area contributed by atoms with Gasteiger partial charge in [-0.1, -0.05) is 12.1 Å². The van der Waals surface area contributed by atoms with Crippen LogP contribution in [0.1, 0.15) is 27.7 Å². The largest absolute Gasteiger partial charge is 0.455 e. The zero-order valence-corrected chi connectivity index (χ0v) is 14.5. The monoisotopic (exact) mass is 341 g/mol. The lowest BCUT2D eigenvalue weighted by Gasteiger charge is -2.07. The molecule has 0 bridgehead atoms. The van der Waals surface area contributed by atoms with Crippen LogP contribution in [0.5, 0.6) is 0 Å². The number of hydrogen-bond acceptors (Lipinski definition) is 4. The summed E-state index contributed by atoms with van der Waals surface area (Å²) in [5.74, 6) is 2.67. The van der Waals surface area contributed by atoms with Gasteiger partial charge in [-0.3, -0.25) is 4.79 Å². The number of nitrogens with one attached hydrogen (secondary N) is 1. The van der Waals surface area contributed by atoms with Crippen LogP contribution in [-0.2, 0) is 12.3 Å². The molecule has 1 aromatic carbocycles. The predicted molar refractivity (Wildman–Crippen MR) is 95.4 cm³/mol.